The molecule has 0 aliphatic heterocycles. The fourth-order valence-corrected chi connectivity index (χ4v) is 1.72. The second-order valence-electron chi connectivity index (χ2n) is 3.51. The van der Waals surface area contributed by atoms with Gasteiger partial charge in [0.2, 0.25) is 0 Å². The van der Waals surface area contributed by atoms with E-state index in [9.17, 15) is 0 Å². The van der Waals surface area contributed by atoms with Crippen LogP contribution in [0.5, 0.6) is 0 Å². The Morgan fingerprint density at radius 1 is 1.27 bits per heavy atom. The highest BCUT2D eigenvalue weighted by Crippen LogP contribution is 2.23. The highest BCUT2D eigenvalue weighted by Gasteiger charge is 2.07. The molecule has 0 spiro atoms. The van der Waals surface area contributed by atoms with Crippen molar-refractivity contribution in [3.05, 3.63) is 29.8 Å². The van der Waals surface area contributed by atoms with Gasteiger partial charge in [-0.1, -0.05) is 38.5 Å². The summed E-state index contributed by atoms with van der Waals surface area (Å²) < 4.78 is 0. The maximum absolute atomic E-state index is 3.74. The van der Waals surface area contributed by atoms with Gasteiger partial charge in [-0.05, 0) is 23.7 Å². The van der Waals surface area contributed by atoms with Gasteiger partial charge in [-0.15, -0.1) is 0 Å². The highest BCUT2D eigenvalue weighted by molar-refractivity contribution is 6.12. The smallest absolute Gasteiger partial charge is 0.0653 e. The van der Waals surface area contributed by atoms with Crippen molar-refractivity contribution >= 4 is 15.9 Å². The van der Waals surface area contributed by atoms with E-state index in [4.69, 9.17) is 0 Å². The molecule has 1 rings (SSSR count). The number of hydrogen-bond donors (Lipinski definition) is 2. The van der Waals surface area contributed by atoms with Crippen LogP contribution in [0.2, 0.25) is 0 Å². The fourth-order valence-electron chi connectivity index (χ4n) is 1.46. The average molecular weight is 219 g/mol. The van der Waals surface area contributed by atoms with Gasteiger partial charge in [0.15, 0.2) is 0 Å². The summed E-state index contributed by atoms with van der Waals surface area (Å²) in [4.78, 5) is 0. The van der Waals surface area contributed by atoms with Gasteiger partial charge in [0.1, 0.15) is 0 Å². The molecule has 81 valence electrons. The van der Waals surface area contributed by atoms with Crippen LogP contribution in [0, 0.1) is 0 Å². The van der Waals surface area contributed by atoms with E-state index in [0.29, 0.717) is 5.54 Å². The summed E-state index contributed by atoms with van der Waals surface area (Å²) in [5.74, 6) is 0. The van der Waals surface area contributed by atoms with Crippen molar-refractivity contribution in [2.75, 3.05) is 18.5 Å². The molecule has 0 aliphatic carbocycles. The number of benzene rings is 1. The first-order valence-electron chi connectivity index (χ1n) is 5.54. The Labute approximate surface area is 95.9 Å². The van der Waals surface area contributed by atoms with Crippen LogP contribution in [0.25, 0.3) is 0 Å². The summed E-state index contributed by atoms with van der Waals surface area (Å²) in [6.45, 7) is 6.09. The van der Waals surface area contributed by atoms with E-state index in [2.05, 4.69) is 59.0 Å². The largest absolute Gasteiger partial charge is 0.372 e. The van der Waals surface area contributed by atoms with Crippen LogP contribution >= 0.6 is 0 Å². The third-order valence-electron chi connectivity index (χ3n) is 2.40. The number of rotatable bonds is 6. The molecule has 3 radical (unpaired) electrons. The van der Waals surface area contributed by atoms with E-state index in [1.165, 1.54) is 11.3 Å². The minimum Gasteiger partial charge on any atom is -0.372 e. The van der Waals surface area contributed by atoms with Crippen LogP contribution in [0.1, 0.15) is 31.4 Å². The monoisotopic (exact) mass is 219 g/mol. The Bertz CT molecular complexity index is 289. The zero-order valence-corrected chi connectivity index (χ0v) is 10.5. The molecule has 0 aliphatic rings. The van der Waals surface area contributed by atoms with Crippen molar-refractivity contribution in [2.24, 2.45) is 0 Å². The van der Waals surface area contributed by atoms with Crippen molar-refractivity contribution in [3.63, 3.8) is 0 Å². The van der Waals surface area contributed by atoms with Crippen LogP contribution in [0.4, 0.5) is 5.69 Å². The van der Waals surface area contributed by atoms with Crippen molar-refractivity contribution in [2.45, 2.75) is 25.8 Å². The Kier molecular flexibility index (Phi) is 5.43. The normalized spacial score (nSPS) is 12.5. The van der Waals surface area contributed by atoms with Crippen molar-refractivity contribution in [1.82, 2.24) is 5.32 Å². The van der Waals surface area contributed by atoms with Gasteiger partial charge < -0.3 is 10.6 Å². The molecule has 1 atom stereocenters. The summed E-state index contributed by atoms with van der Waals surface area (Å²) >= 11 is 0. The van der Waals surface area contributed by atoms with Gasteiger partial charge in [0, 0.05) is 15.9 Å². The van der Waals surface area contributed by atoms with Gasteiger partial charge in [0.25, 0.3) is 0 Å². The van der Waals surface area contributed by atoms with E-state index in [-0.39, 0.29) is 0 Å². The lowest BCUT2D eigenvalue weighted by molar-refractivity contribution is 0.768. The highest BCUT2D eigenvalue weighted by atomic mass is 28.1. The minimum atomic E-state index is 0.426. The SMILES string of the molecule is CCNCNc1ccccc1C([Si])CC. The third-order valence-corrected chi connectivity index (χ3v) is 3.12. The molecule has 1 aromatic carbocycles. The fraction of sp³-hybridized carbons (Fsp3) is 0.500. The van der Waals surface area contributed by atoms with Gasteiger partial charge in [-0.25, -0.2) is 0 Å². The maximum atomic E-state index is 3.74. The minimum absolute atomic E-state index is 0.426. The molecular formula is C12H19N2Si. The van der Waals surface area contributed by atoms with E-state index in [1.807, 2.05) is 0 Å². The van der Waals surface area contributed by atoms with Crippen LogP contribution < -0.4 is 10.6 Å². The van der Waals surface area contributed by atoms with E-state index in [0.717, 1.165) is 19.6 Å². The summed E-state index contributed by atoms with van der Waals surface area (Å²) in [6.07, 6.45) is 1.09. The zero-order chi connectivity index (χ0) is 11.1. The van der Waals surface area contributed by atoms with Gasteiger partial charge in [0.05, 0.1) is 6.67 Å². The van der Waals surface area contributed by atoms with Crippen molar-refractivity contribution in [3.8, 4) is 0 Å². The molecule has 2 nitrogen and oxygen atoms in total. The molecule has 0 amide bonds. The van der Waals surface area contributed by atoms with Gasteiger partial charge >= 0.3 is 0 Å². The Balaban J connectivity index is 2.68. The molecule has 2 N–H and O–H groups in total. The first kappa shape index (κ1) is 12.3. The molecule has 1 unspecified atom stereocenters. The lowest BCUT2D eigenvalue weighted by atomic mass is 10.1. The Morgan fingerprint density at radius 3 is 2.67 bits per heavy atom. The summed E-state index contributed by atoms with van der Waals surface area (Å²) in [6, 6.07) is 8.42. The number of anilines is 1. The van der Waals surface area contributed by atoms with E-state index < -0.39 is 0 Å². The molecule has 0 heterocycles. The second kappa shape index (κ2) is 6.64. The van der Waals surface area contributed by atoms with Crippen LogP contribution in [0.3, 0.4) is 0 Å². The molecule has 0 fully saturated rings. The number of para-hydroxylation sites is 1. The van der Waals surface area contributed by atoms with Gasteiger partial charge in [-0.2, -0.15) is 0 Å². The molecule has 0 bridgehead atoms. The predicted octanol–water partition coefficient (Wildman–Crippen LogP) is 2.29. The predicted molar refractivity (Wildman–Crippen MR) is 67.4 cm³/mol. The molecular weight excluding hydrogens is 200 g/mol. The Hall–Kier alpha value is -0.803. The van der Waals surface area contributed by atoms with E-state index >= 15 is 0 Å². The standard InChI is InChI=1S/C12H19N2Si/c1-3-12(15)10-7-5-6-8-11(10)14-9-13-4-2/h5-8,12-14H,3-4,9H2,1-2H3. The first-order chi connectivity index (χ1) is 7.29. The van der Waals surface area contributed by atoms with Crippen molar-refractivity contribution < 1.29 is 0 Å². The van der Waals surface area contributed by atoms with Crippen molar-refractivity contribution in [1.29, 1.82) is 0 Å². The molecule has 3 heteroatoms. The third kappa shape index (κ3) is 3.68. The zero-order valence-electron chi connectivity index (χ0n) is 9.51. The number of nitrogens with one attached hydrogen (secondary N) is 2. The van der Waals surface area contributed by atoms with E-state index in [1.54, 1.807) is 0 Å². The molecule has 0 saturated carbocycles. The quantitative estimate of drug-likeness (QED) is 0.436. The second-order valence-corrected chi connectivity index (χ2v) is 4.20. The summed E-state index contributed by atoms with van der Waals surface area (Å²) in [5, 5.41) is 6.64. The Morgan fingerprint density at radius 2 is 2.00 bits per heavy atom. The number of hydrogen-bond acceptors (Lipinski definition) is 2. The molecule has 0 saturated heterocycles. The summed E-state index contributed by atoms with van der Waals surface area (Å²) in [5.41, 5.74) is 2.96. The summed E-state index contributed by atoms with van der Waals surface area (Å²) in [7, 11) is 3.74. The molecule has 1 aromatic rings. The average Bonchev–Trinajstić information content (AvgIpc) is 2.29. The maximum Gasteiger partial charge on any atom is 0.0653 e. The van der Waals surface area contributed by atoms with Gasteiger partial charge in [-0.3, -0.25) is 0 Å². The molecule has 0 aromatic heterocycles. The van der Waals surface area contributed by atoms with Crippen LogP contribution in [-0.4, -0.2) is 23.5 Å². The topological polar surface area (TPSA) is 24.1 Å². The van der Waals surface area contributed by atoms with Crippen LogP contribution in [0.15, 0.2) is 24.3 Å². The van der Waals surface area contributed by atoms with Crippen LogP contribution in [-0.2, 0) is 0 Å². The lowest BCUT2D eigenvalue weighted by Crippen LogP contribution is -2.22. The first-order valence-corrected chi connectivity index (χ1v) is 6.12. The lowest BCUT2D eigenvalue weighted by Gasteiger charge is -2.16. The molecule has 15 heavy (non-hydrogen) atoms.